The van der Waals surface area contributed by atoms with Crippen molar-refractivity contribution >= 4 is 5.78 Å². The zero-order chi connectivity index (χ0) is 14.0. The van der Waals surface area contributed by atoms with Gasteiger partial charge in [0, 0.05) is 11.5 Å². The van der Waals surface area contributed by atoms with Gasteiger partial charge in [-0.15, -0.1) is 0 Å². The summed E-state index contributed by atoms with van der Waals surface area (Å²) in [5.41, 5.74) is 1.39. The lowest BCUT2D eigenvalue weighted by Gasteiger charge is -2.20. The molecule has 2 rings (SSSR count). The average Bonchev–Trinajstić information content (AvgIpc) is 2.50. The highest BCUT2D eigenvalue weighted by Crippen LogP contribution is 2.31. The number of halogens is 3. The molecule has 1 aliphatic carbocycles. The molecular formula is C14H15F3O2. The first kappa shape index (κ1) is 14.1. The summed E-state index contributed by atoms with van der Waals surface area (Å²) in [7, 11) is 0. The van der Waals surface area contributed by atoms with Crippen molar-refractivity contribution in [3.05, 3.63) is 35.4 Å². The number of aliphatic hydroxyl groups is 1. The summed E-state index contributed by atoms with van der Waals surface area (Å²) in [5, 5.41) is 9.12. The third-order valence-electron chi connectivity index (χ3n) is 3.54. The lowest BCUT2D eigenvalue weighted by Crippen LogP contribution is -2.32. The Morgan fingerprint density at radius 3 is 2.68 bits per heavy atom. The highest BCUT2D eigenvalue weighted by molar-refractivity contribution is 5.99. The number of aryl methyl sites for hydroxylation is 1. The van der Waals surface area contributed by atoms with Crippen LogP contribution in [0.1, 0.15) is 35.2 Å². The molecule has 1 aromatic rings. The zero-order valence-corrected chi connectivity index (χ0v) is 10.3. The predicted octanol–water partition coefficient (Wildman–Crippen LogP) is 3.14. The Kier molecular flexibility index (Phi) is 3.94. The fraction of sp³-hybridized carbons (Fsp3) is 0.500. The van der Waals surface area contributed by atoms with Gasteiger partial charge in [0.1, 0.15) is 0 Å². The van der Waals surface area contributed by atoms with E-state index in [-0.39, 0.29) is 5.78 Å². The summed E-state index contributed by atoms with van der Waals surface area (Å²) in [6.45, 7) is 0. The van der Waals surface area contributed by atoms with Crippen molar-refractivity contribution in [1.82, 2.24) is 0 Å². The van der Waals surface area contributed by atoms with Crippen molar-refractivity contribution in [2.75, 3.05) is 0 Å². The van der Waals surface area contributed by atoms with Crippen LogP contribution in [0.2, 0.25) is 0 Å². The first-order valence-electron chi connectivity index (χ1n) is 6.26. The topological polar surface area (TPSA) is 37.3 Å². The number of aliphatic hydroxyl groups excluding tert-OH is 1. The second kappa shape index (κ2) is 5.33. The van der Waals surface area contributed by atoms with E-state index in [0.29, 0.717) is 24.8 Å². The van der Waals surface area contributed by atoms with Crippen LogP contribution in [0.4, 0.5) is 13.2 Å². The Morgan fingerprint density at radius 1 is 1.32 bits per heavy atom. The van der Waals surface area contributed by atoms with Gasteiger partial charge in [-0.2, -0.15) is 13.2 Å². The molecule has 0 aliphatic heterocycles. The van der Waals surface area contributed by atoms with Crippen molar-refractivity contribution in [1.29, 1.82) is 0 Å². The number of fused-ring (bicyclic) bond motifs is 1. The molecule has 5 heteroatoms. The maximum Gasteiger partial charge on any atom is 0.414 e. The summed E-state index contributed by atoms with van der Waals surface area (Å²) >= 11 is 0. The lowest BCUT2D eigenvalue weighted by molar-refractivity contribution is -0.207. The minimum Gasteiger partial charge on any atom is -0.384 e. The van der Waals surface area contributed by atoms with Crippen molar-refractivity contribution in [3.63, 3.8) is 0 Å². The number of ketones is 1. The first-order chi connectivity index (χ1) is 8.89. The Hall–Kier alpha value is -1.36. The third kappa shape index (κ3) is 3.15. The van der Waals surface area contributed by atoms with Gasteiger partial charge in [-0.05, 0) is 31.2 Å². The molecule has 0 saturated heterocycles. The van der Waals surface area contributed by atoms with Gasteiger partial charge < -0.3 is 5.11 Å². The van der Waals surface area contributed by atoms with E-state index in [1.807, 2.05) is 12.1 Å². The van der Waals surface area contributed by atoms with Gasteiger partial charge in [-0.3, -0.25) is 4.79 Å². The molecule has 19 heavy (non-hydrogen) atoms. The van der Waals surface area contributed by atoms with Crippen LogP contribution in [0.5, 0.6) is 0 Å². The third-order valence-corrected chi connectivity index (χ3v) is 3.54. The highest BCUT2D eigenvalue weighted by Gasteiger charge is 2.41. The maximum absolute atomic E-state index is 12.4. The number of carbonyl (C=O) groups is 1. The summed E-state index contributed by atoms with van der Waals surface area (Å²) in [6.07, 6.45) is -5.88. The molecule has 1 aliphatic rings. The number of hydrogen-bond donors (Lipinski definition) is 1. The minimum absolute atomic E-state index is 0.281. The van der Waals surface area contributed by atoms with E-state index in [2.05, 4.69) is 0 Å². The van der Waals surface area contributed by atoms with E-state index in [1.165, 1.54) is 0 Å². The monoisotopic (exact) mass is 272 g/mol. The summed E-state index contributed by atoms with van der Waals surface area (Å²) < 4.78 is 37.1. The molecule has 2 nitrogen and oxygen atoms in total. The molecule has 0 spiro atoms. The molecule has 0 amide bonds. The Balaban J connectivity index is 2.18. The molecule has 0 saturated carbocycles. The molecule has 1 N–H and O–H groups in total. The molecule has 104 valence electrons. The molecule has 2 atom stereocenters. The fourth-order valence-electron chi connectivity index (χ4n) is 2.50. The van der Waals surface area contributed by atoms with Crippen LogP contribution in [0.25, 0.3) is 0 Å². The largest absolute Gasteiger partial charge is 0.414 e. The van der Waals surface area contributed by atoms with Crippen molar-refractivity contribution in [2.24, 2.45) is 5.92 Å². The molecule has 1 aromatic carbocycles. The van der Waals surface area contributed by atoms with Crippen molar-refractivity contribution in [2.45, 2.75) is 38.0 Å². The van der Waals surface area contributed by atoms with Crippen LogP contribution < -0.4 is 0 Å². The average molecular weight is 272 g/mol. The molecule has 0 radical (unpaired) electrons. The Morgan fingerprint density at radius 2 is 2.00 bits per heavy atom. The van der Waals surface area contributed by atoms with Crippen LogP contribution >= 0.6 is 0 Å². The van der Waals surface area contributed by atoms with Gasteiger partial charge in [-0.25, -0.2) is 0 Å². The summed E-state index contributed by atoms with van der Waals surface area (Å²) in [4.78, 5) is 12.2. The molecule has 2 unspecified atom stereocenters. The molecule has 0 heterocycles. The van der Waals surface area contributed by atoms with E-state index >= 15 is 0 Å². The predicted molar refractivity (Wildman–Crippen MR) is 63.9 cm³/mol. The van der Waals surface area contributed by atoms with Crippen LogP contribution in [-0.4, -0.2) is 23.2 Å². The van der Waals surface area contributed by atoms with Crippen molar-refractivity contribution in [3.8, 4) is 0 Å². The first-order valence-corrected chi connectivity index (χ1v) is 6.26. The Bertz CT molecular complexity index is 468. The van der Waals surface area contributed by atoms with Gasteiger partial charge in [0.15, 0.2) is 11.9 Å². The van der Waals surface area contributed by atoms with Gasteiger partial charge in [0.25, 0.3) is 0 Å². The minimum atomic E-state index is -4.66. The summed E-state index contributed by atoms with van der Waals surface area (Å²) in [5.74, 6) is -1.03. The zero-order valence-electron chi connectivity index (χ0n) is 10.3. The maximum atomic E-state index is 12.4. The summed E-state index contributed by atoms with van der Waals surface area (Å²) in [6, 6.07) is 7.00. The Labute approximate surface area is 109 Å². The molecule has 0 aromatic heterocycles. The highest BCUT2D eigenvalue weighted by atomic mass is 19.4. The van der Waals surface area contributed by atoms with Crippen LogP contribution in [0, 0.1) is 5.92 Å². The van der Waals surface area contributed by atoms with Gasteiger partial charge in [0.2, 0.25) is 0 Å². The van der Waals surface area contributed by atoms with Crippen LogP contribution in [0.3, 0.4) is 0 Å². The molecule has 0 bridgehead atoms. The number of carbonyl (C=O) groups excluding carboxylic acids is 1. The number of hydrogen-bond acceptors (Lipinski definition) is 2. The second-order valence-corrected chi connectivity index (χ2v) is 4.90. The standard InChI is InChI=1S/C14H15F3O2/c15-14(16,17)12(18)8-10-6-3-5-9-4-1-2-7-11(9)13(10)19/h1-2,4,7,10,12,18H,3,5-6,8H2. The van der Waals surface area contributed by atoms with E-state index in [0.717, 1.165) is 5.56 Å². The van der Waals surface area contributed by atoms with Gasteiger partial charge in [-0.1, -0.05) is 24.3 Å². The number of alkyl halides is 3. The van der Waals surface area contributed by atoms with Crippen LogP contribution in [0.15, 0.2) is 24.3 Å². The van der Waals surface area contributed by atoms with E-state index in [4.69, 9.17) is 5.11 Å². The van der Waals surface area contributed by atoms with E-state index < -0.39 is 24.6 Å². The quantitative estimate of drug-likeness (QED) is 0.840. The lowest BCUT2D eigenvalue weighted by atomic mass is 9.90. The molecule has 0 fully saturated rings. The molecular weight excluding hydrogens is 257 g/mol. The number of Topliss-reactive ketones (excluding diaryl/α,β-unsaturated/α-hetero) is 1. The number of benzene rings is 1. The second-order valence-electron chi connectivity index (χ2n) is 4.90. The van der Waals surface area contributed by atoms with Gasteiger partial charge in [0.05, 0.1) is 0 Å². The smallest absolute Gasteiger partial charge is 0.384 e. The van der Waals surface area contributed by atoms with E-state index in [9.17, 15) is 18.0 Å². The SMILES string of the molecule is O=C1c2ccccc2CCCC1CC(O)C(F)(F)F. The normalized spacial score (nSPS) is 21.7. The number of rotatable bonds is 2. The van der Waals surface area contributed by atoms with Crippen molar-refractivity contribution < 1.29 is 23.1 Å². The van der Waals surface area contributed by atoms with Gasteiger partial charge >= 0.3 is 6.18 Å². The van der Waals surface area contributed by atoms with Crippen LogP contribution in [-0.2, 0) is 6.42 Å². The fourth-order valence-corrected chi connectivity index (χ4v) is 2.50. The van der Waals surface area contributed by atoms with E-state index in [1.54, 1.807) is 12.1 Å².